The third-order valence-electron chi connectivity index (χ3n) is 4.73. The summed E-state index contributed by atoms with van der Waals surface area (Å²) in [5.41, 5.74) is 0.440. The van der Waals surface area contributed by atoms with Crippen LogP contribution >= 0.6 is 0 Å². The topological polar surface area (TPSA) is 91.0 Å². The normalized spacial score (nSPS) is 20.0. The first-order valence-electron chi connectivity index (χ1n) is 8.91. The van der Waals surface area contributed by atoms with Crippen molar-refractivity contribution in [1.82, 2.24) is 19.7 Å². The van der Waals surface area contributed by atoms with E-state index in [0.29, 0.717) is 31.9 Å². The van der Waals surface area contributed by atoms with Gasteiger partial charge in [-0.15, -0.1) is 0 Å². The van der Waals surface area contributed by atoms with E-state index in [-0.39, 0.29) is 5.75 Å². The van der Waals surface area contributed by atoms with Crippen molar-refractivity contribution in [2.75, 3.05) is 39.8 Å². The van der Waals surface area contributed by atoms with Gasteiger partial charge < -0.3 is 14.7 Å². The summed E-state index contributed by atoms with van der Waals surface area (Å²) in [7, 11) is -1.59. The molecule has 0 atom stereocenters. The highest BCUT2D eigenvalue weighted by Crippen LogP contribution is 2.33. The Labute approximate surface area is 149 Å². The molecule has 25 heavy (non-hydrogen) atoms. The zero-order valence-electron chi connectivity index (χ0n) is 14.7. The molecule has 1 N–H and O–H groups in total. The van der Waals surface area contributed by atoms with Gasteiger partial charge in [0.25, 0.3) is 0 Å². The fourth-order valence-corrected chi connectivity index (χ4v) is 4.52. The van der Waals surface area contributed by atoms with Crippen LogP contribution in [0.3, 0.4) is 0 Å². The summed E-state index contributed by atoms with van der Waals surface area (Å²) in [5, 5.41) is 7.09. The maximum atomic E-state index is 12.5. The van der Waals surface area contributed by atoms with Gasteiger partial charge in [0.05, 0.1) is 5.69 Å². The van der Waals surface area contributed by atoms with Crippen LogP contribution in [-0.2, 0) is 15.8 Å². The number of piperazine rings is 1. The number of aromatic nitrogens is 1. The molecule has 0 spiro atoms. The molecule has 2 heterocycles. The van der Waals surface area contributed by atoms with Crippen LogP contribution in [0.4, 0.5) is 0 Å². The van der Waals surface area contributed by atoms with Crippen LogP contribution in [0.5, 0.6) is 0 Å². The maximum absolute atomic E-state index is 12.5. The second-order valence-corrected chi connectivity index (χ2v) is 8.66. The summed E-state index contributed by atoms with van der Waals surface area (Å²) >= 11 is 0. The number of sulfonamides is 1. The largest absolute Gasteiger partial charge is 0.364 e. The lowest BCUT2D eigenvalue weighted by atomic mass is 10.2. The Kier molecular flexibility index (Phi) is 5.95. The fourth-order valence-electron chi connectivity index (χ4n) is 3.10. The van der Waals surface area contributed by atoms with E-state index in [0.717, 1.165) is 24.8 Å². The summed E-state index contributed by atoms with van der Waals surface area (Å²) in [6, 6.07) is 1.58. The summed E-state index contributed by atoms with van der Waals surface area (Å²) < 4.78 is 31.2. The van der Waals surface area contributed by atoms with Crippen molar-refractivity contribution in [3.8, 4) is 0 Å². The highest BCUT2D eigenvalue weighted by Gasteiger charge is 2.29. The number of guanidine groups is 1. The van der Waals surface area contributed by atoms with Crippen LogP contribution in [0.1, 0.15) is 31.4 Å². The average Bonchev–Trinajstić information content (AvgIpc) is 3.30. The maximum Gasteiger partial charge on any atom is 0.220 e. The molecule has 0 radical (unpaired) electrons. The summed E-state index contributed by atoms with van der Waals surface area (Å²) in [4.78, 5) is 6.46. The van der Waals surface area contributed by atoms with Crippen molar-refractivity contribution >= 4 is 16.0 Å². The van der Waals surface area contributed by atoms with Crippen LogP contribution in [0, 0.1) is 5.92 Å². The van der Waals surface area contributed by atoms with Gasteiger partial charge in [-0.25, -0.2) is 8.42 Å². The van der Waals surface area contributed by atoms with Crippen LogP contribution in [-0.4, -0.2) is 68.5 Å². The Morgan fingerprint density at radius 2 is 2.12 bits per heavy atom. The smallest absolute Gasteiger partial charge is 0.220 e. The molecule has 2 aliphatic rings. The van der Waals surface area contributed by atoms with Crippen molar-refractivity contribution in [3.63, 3.8) is 0 Å². The van der Waals surface area contributed by atoms with Crippen molar-refractivity contribution in [2.45, 2.75) is 31.4 Å². The molecule has 1 aliphatic carbocycles. The lowest BCUT2D eigenvalue weighted by molar-refractivity contribution is 0.259. The van der Waals surface area contributed by atoms with E-state index >= 15 is 0 Å². The van der Waals surface area contributed by atoms with E-state index in [2.05, 4.69) is 20.4 Å². The fraction of sp³-hybridized carbons (Fsp3) is 0.750. The summed E-state index contributed by atoms with van der Waals surface area (Å²) in [5.74, 6) is 1.70. The van der Waals surface area contributed by atoms with Crippen LogP contribution in [0.25, 0.3) is 0 Å². The predicted octanol–water partition coefficient (Wildman–Crippen LogP) is 0.888. The van der Waals surface area contributed by atoms with Crippen LogP contribution in [0.15, 0.2) is 21.8 Å². The van der Waals surface area contributed by atoms with E-state index in [9.17, 15) is 8.42 Å². The molecule has 0 unspecified atom stereocenters. The molecule has 1 saturated carbocycles. The number of rotatable bonds is 7. The number of hydrogen-bond donors (Lipinski definition) is 1. The van der Waals surface area contributed by atoms with E-state index < -0.39 is 10.0 Å². The van der Waals surface area contributed by atoms with Crippen LogP contribution < -0.4 is 5.32 Å². The second kappa shape index (κ2) is 8.18. The molecule has 1 aromatic heterocycles. The van der Waals surface area contributed by atoms with Gasteiger partial charge in [0.1, 0.15) is 12.0 Å². The molecule has 3 rings (SSSR count). The van der Waals surface area contributed by atoms with Crippen molar-refractivity contribution in [3.05, 3.63) is 18.0 Å². The minimum Gasteiger partial charge on any atom is -0.364 e. The predicted molar refractivity (Wildman–Crippen MR) is 95.6 cm³/mol. The van der Waals surface area contributed by atoms with Gasteiger partial charge >= 0.3 is 0 Å². The molecule has 9 heteroatoms. The first kappa shape index (κ1) is 18.2. The number of aliphatic imine (C=N–C) groups is 1. The molecular formula is C16H27N5O3S. The zero-order valence-corrected chi connectivity index (χ0v) is 15.5. The molecule has 0 bridgehead atoms. The monoisotopic (exact) mass is 369 g/mol. The standard InChI is InChI=1S/C16H27N5O3S/c1-17-16(18-7-2-3-14-4-5-14)20-8-10-21(11-9-20)25(22,23)13-15-6-12-24-19-15/h6,12,14H,2-5,7-11,13H2,1H3,(H,17,18). The third-order valence-corrected chi connectivity index (χ3v) is 6.55. The number of hydrogen-bond acceptors (Lipinski definition) is 5. The lowest BCUT2D eigenvalue weighted by Crippen LogP contribution is -2.54. The van der Waals surface area contributed by atoms with Gasteiger partial charge in [-0.3, -0.25) is 4.99 Å². The quantitative estimate of drug-likeness (QED) is 0.436. The Morgan fingerprint density at radius 1 is 1.36 bits per heavy atom. The van der Waals surface area contributed by atoms with Gasteiger partial charge in [-0.1, -0.05) is 18.0 Å². The summed E-state index contributed by atoms with van der Waals surface area (Å²) in [6.07, 6.45) is 6.62. The minimum absolute atomic E-state index is 0.113. The van der Waals surface area contributed by atoms with E-state index in [1.165, 1.54) is 29.8 Å². The van der Waals surface area contributed by atoms with Crippen molar-refractivity contribution < 1.29 is 12.9 Å². The Hall–Kier alpha value is -1.61. The number of nitrogens with zero attached hydrogens (tertiary/aromatic N) is 4. The molecular weight excluding hydrogens is 342 g/mol. The first-order chi connectivity index (χ1) is 12.1. The SMILES string of the molecule is CN=C(NCCCC1CC1)N1CCN(S(=O)(=O)Cc2ccon2)CC1. The highest BCUT2D eigenvalue weighted by molar-refractivity contribution is 7.88. The molecule has 1 saturated heterocycles. The lowest BCUT2D eigenvalue weighted by Gasteiger charge is -2.35. The van der Waals surface area contributed by atoms with Gasteiger partial charge in [0.15, 0.2) is 5.96 Å². The highest BCUT2D eigenvalue weighted by atomic mass is 32.2. The molecule has 1 aromatic rings. The average molecular weight is 369 g/mol. The van der Waals surface area contributed by atoms with Gasteiger partial charge in [-0.2, -0.15) is 4.31 Å². The van der Waals surface area contributed by atoms with Gasteiger partial charge in [-0.05, 0) is 18.8 Å². The second-order valence-electron chi connectivity index (χ2n) is 6.69. The van der Waals surface area contributed by atoms with Crippen LogP contribution in [0.2, 0.25) is 0 Å². The van der Waals surface area contributed by atoms with E-state index in [1.807, 2.05) is 0 Å². The van der Waals surface area contributed by atoms with Gasteiger partial charge in [0, 0.05) is 45.8 Å². The van der Waals surface area contributed by atoms with Crippen molar-refractivity contribution in [2.24, 2.45) is 10.9 Å². The Balaban J connectivity index is 1.44. The summed E-state index contributed by atoms with van der Waals surface area (Å²) in [6.45, 7) is 3.13. The molecule has 0 amide bonds. The van der Waals surface area contributed by atoms with Crippen molar-refractivity contribution in [1.29, 1.82) is 0 Å². The van der Waals surface area contributed by atoms with E-state index in [1.54, 1.807) is 13.1 Å². The van der Waals surface area contributed by atoms with E-state index in [4.69, 9.17) is 4.52 Å². The zero-order chi connectivity index (χ0) is 17.7. The third kappa shape index (κ3) is 5.18. The number of nitrogens with one attached hydrogen (secondary N) is 1. The molecule has 2 fully saturated rings. The molecule has 8 nitrogen and oxygen atoms in total. The Bertz CT molecular complexity index is 662. The molecule has 140 valence electrons. The molecule has 0 aromatic carbocycles. The Morgan fingerprint density at radius 3 is 2.72 bits per heavy atom. The van der Waals surface area contributed by atoms with Gasteiger partial charge in [0.2, 0.25) is 10.0 Å². The minimum atomic E-state index is -3.36. The first-order valence-corrected chi connectivity index (χ1v) is 10.5. The molecule has 1 aliphatic heterocycles.